The van der Waals surface area contributed by atoms with Crippen molar-refractivity contribution >= 4 is 5.97 Å². The van der Waals surface area contributed by atoms with E-state index in [1.165, 1.54) is 0 Å². The topological polar surface area (TPSA) is 46.5 Å². The SMILES string of the molecule is O=C(O)CC1CCC(C(F)(F)F)OC1. The number of hydrogen-bond donors (Lipinski definition) is 1. The molecule has 0 radical (unpaired) electrons. The van der Waals surface area contributed by atoms with E-state index in [2.05, 4.69) is 4.74 Å². The summed E-state index contributed by atoms with van der Waals surface area (Å²) < 4.78 is 40.8. The highest BCUT2D eigenvalue weighted by Gasteiger charge is 2.42. The first-order valence-electron chi connectivity index (χ1n) is 4.29. The Kier molecular flexibility index (Phi) is 3.36. The maximum atomic E-state index is 12.1. The van der Waals surface area contributed by atoms with Gasteiger partial charge in [-0.25, -0.2) is 0 Å². The average molecular weight is 212 g/mol. The minimum Gasteiger partial charge on any atom is -0.481 e. The van der Waals surface area contributed by atoms with Crippen LogP contribution in [0.1, 0.15) is 19.3 Å². The molecule has 0 aromatic heterocycles. The number of hydrogen-bond acceptors (Lipinski definition) is 2. The molecule has 0 bridgehead atoms. The van der Waals surface area contributed by atoms with Gasteiger partial charge in [-0.05, 0) is 18.8 Å². The van der Waals surface area contributed by atoms with Crippen LogP contribution in [0.15, 0.2) is 0 Å². The normalized spacial score (nSPS) is 28.8. The molecule has 1 aliphatic heterocycles. The number of carboxylic acids is 1. The zero-order valence-corrected chi connectivity index (χ0v) is 7.38. The van der Waals surface area contributed by atoms with Crippen molar-refractivity contribution in [3.63, 3.8) is 0 Å². The van der Waals surface area contributed by atoms with Crippen LogP contribution in [0, 0.1) is 5.92 Å². The summed E-state index contributed by atoms with van der Waals surface area (Å²) in [7, 11) is 0. The Morgan fingerprint density at radius 3 is 2.43 bits per heavy atom. The highest BCUT2D eigenvalue weighted by Crippen LogP contribution is 2.32. The predicted molar refractivity (Wildman–Crippen MR) is 40.8 cm³/mol. The lowest BCUT2D eigenvalue weighted by molar-refractivity contribution is -0.235. The molecule has 0 aromatic rings. The standard InChI is InChI=1S/C8H11F3O3/c9-8(10,11)6-2-1-5(4-14-6)3-7(12)13/h5-6H,1-4H2,(H,12,13). The second-order valence-electron chi connectivity index (χ2n) is 3.40. The summed E-state index contributed by atoms with van der Waals surface area (Å²) in [4.78, 5) is 10.3. The first-order valence-corrected chi connectivity index (χ1v) is 4.29. The van der Waals surface area contributed by atoms with E-state index in [4.69, 9.17) is 5.11 Å². The van der Waals surface area contributed by atoms with Crippen LogP contribution in [-0.4, -0.2) is 30.0 Å². The molecule has 2 unspecified atom stereocenters. The molecule has 1 N–H and O–H groups in total. The minimum absolute atomic E-state index is 0.115. The Hall–Kier alpha value is -0.780. The summed E-state index contributed by atoms with van der Waals surface area (Å²) in [5, 5.41) is 8.41. The molecule has 1 heterocycles. The molecule has 0 aromatic carbocycles. The molecule has 0 spiro atoms. The van der Waals surface area contributed by atoms with Crippen molar-refractivity contribution in [1.82, 2.24) is 0 Å². The van der Waals surface area contributed by atoms with E-state index in [1.54, 1.807) is 0 Å². The maximum absolute atomic E-state index is 12.1. The molecule has 1 rings (SSSR count). The third kappa shape index (κ3) is 3.17. The van der Waals surface area contributed by atoms with E-state index in [0.29, 0.717) is 0 Å². The van der Waals surface area contributed by atoms with E-state index in [1.807, 2.05) is 0 Å². The molecular formula is C8H11F3O3. The quantitative estimate of drug-likeness (QED) is 0.759. The Morgan fingerprint density at radius 2 is 2.07 bits per heavy atom. The number of carbonyl (C=O) groups is 1. The van der Waals surface area contributed by atoms with Crippen LogP contribution in [0.3, 0.4) is 0 Å². The molecule has 1 fully saturated rings. The first-order chi connectivity index (χ1) is 6.39. The molecule has 82 valence electrons. The largest absolute Gasteiger partial charge is 0.481 e. The molecule has 1 aliphatic rings. The Balaban J connectivity index is 2.35. The van der Waals surface area contributed by atoms with Crippen molar-refractivity contribution < 1.29 is 27.8 Å². The molecule has 6 heteroatoms. The third-order valence-corrected chi connectivity index (χ3v) is 2.20. The summed E-state index contributed by atoms with van der Waals surface area (Å²) in [5.74, 6) is -1.28. The van der Waals surface area contributed by atoms with Gasteiger partial charge in [-0.2, -0.15) is 13.2 Å². The van der Waals surface area contributed by atoms with Crippen LogP contribution in [0.5, 0.6) is 0 Å². The highest BCUT2D eigenvalue weighted by molar-refractivity contribution is 5.67. The van der Waals surface area contributed by atoms with Gasteiger partial charge < -0.3 is 9.84 Å². The van der Waals surface area contributed by atoms with Gasteiger partial charge >= 0.3 is 12.1 Å². The van der Waals surface area contributed by atoms with Crippen molar-refractivity contribution in [1.29, 1.82) is 0 Å². The van der Waals surface area contributed by atoms with Crippen LogP contribution in [-0.2, 0) is 9.53 Å². The van der Waals surface area contributed by atoms with Gasteiger partial charge in [0, 0.05) is 0 Å². The molecule has 14 heavy (non-hydrogen) atoms. The fraction of sp³-hybridized carbons (Fsp3) is 0.875. The lowest BCUT2D eigenvalue weighted by Gasteiger charge is -2.29. The first kappa shape index (κ1) is 11.3. The number of aliphatic carboxylic acids is 1. The third-order valence-electron chi connectivity index (χ3n) is 2.20. The minimum atomic E-state index is -4.33. The second kappa shape index (κ2) is 4.16. The van der Waals surface area contributed by atoms with Crippen LogP contribution in [0.25, 0.3) is 0 Å². The Labute approximate surface area is 78.9 Å². The molecule has 0 aliphatic carbocycles. The van der Waals surface area contributed by atoms with Crippen molar-refractivity contribution in [2.45, 2.75) is 31.5 Å². The maximum Gasteiger partial charge on any atom is 0.414 e. The zero-order valence-electron chi connectivity index (χ0n) is 7.38. The molecule has 1 saturated heterocycles. The van der Waals surface area contributed by atoms with Gasteiger partial charge in [-0.3, -0.25) is 4.79 Å². The van der Waals surface area contributed by atoms with E-state index in [9.17, 15) is 18.0 Å². The average Bonchev–Trinajstić information content (AvgIpc) is 2.02. The van der Waals surface area contributed by atoms with Crippen molar-refractivity contribution in [3.05, 3.63) is 0 Å². The number of ether oxygens (including phenoxy) is 1. The fourth-order valence-electron chi connectivity index (χ4n) is 1.47. The summed E-state index contributed by atoms with van der Waals surface area (Å²) in [6, 6.07) is 0. The lowest BCUT2D eigenvalue weighted by Crippen LogP contribution is -2.37. The van der Waals surface area contributed by atoms with E-state index in [0.717, 1.165) is 0 Å². The zero-order chi connectivity index (χ0) is 10.8. The van der Waals surface area contributed by atoms with Gasteiger partial charge in [-0.1, -0.05) is 0 Å². The van der Waals surface area contributed by atoms with Crippen molar-refractivity contribution in [2.24, 2.45) is 5.92 Å². The predicted octanol–water partition coefficient (Wildman–Crippen LogP) is 1.82. The Morgan fingerprint density at radius 1 is 1.43 bits per heavy atom. The van der Waals surface area contributed by atoms with Gasteiger partial charge in [0.25, 0.3) is 0 Å². The number of carboxylic acid groups (broad SMARTS) is 1. The Bertz CT molecular complexity index is 206. The van der Waals surface area contributed by atoms with E-state index < -0.39 is 18.2 Å². The summed E-state index contributed by atoms with van der Waals surface area (Å²) in [6.45, 7) is -0.115. The molecule has 3 nitrogen and oxygen atoms in total. The number of rotatable bonds is 2. The number of halogens is 3. The molecule has 2 atom stereocenters. The van der Waals surface area contributed by atoms with Crippen molar-refractivity contribution in [2.75, 3.05) is 6.61 Å². The second-order valence-corrected chi connectivity index (χ2v) is 3.40. The van der Waals surface area contributed by atoms with Crippen LogP contribution < -0.4 is 0 Å². The van der Waals surface area contributed by atoms with Crippen LogP contribution >= 0.6 is 0 Å². The van der Waals surface area contributed by atoms with Crippen LogP contribution in [0.2, 0.25) is 0 Å². The lowest BCUT2D eigenvalue weighted by atomic mass is 9.95. The summed E-state index contributed by atoms with van der Waals surface area (Å²) in [5.41, 5.74) is 0. The van der Waals surface area contributed by atoms with E-state index in [-0.39, 0.29) is 31.8 Å². The fourth-order valence-corrected chi connectivity index (χ4v) is 1.47. The van der Waals surface area contributed by atoms with Gasteiger partial charge in [0.1, 0.15) is 0 Å². The molecule has 0 amide bonds. The van der Waals surface area contributed by atoms with Crippen LogP contribution in [0.4, 0.5) is 13.2 Å². The van der Waals surface area contributed by atoms with Gasteiger partial charge in [0.2, 0.25) is 0 Å². The van der Waals surface area contributed by atoms with E-state index >= 15 is 0 Å². The monoisotopic (exact) mass is 212 g/mol. The summed E-state index contributed by atoms with van der Waals surface area (Å²) >= 11 is 0. The van der Waals surface area contributed by atoms with Gasteiger partial charge in [0.15, 0.2) is 6.10 Å². The van der Waals surface area contributed by atoms with Crippen molar-refractivity contribution in [3.8, 4) is 0 Å². The van der Waals surface area contributed by atoms with Gasteiger partial charge in [0.05, 0.1) is 13.0 Å². The highest BCUT2D eigenvalue weighted by atomic mass is 19.4. The molecule has 0 saturated carbocycles. The summed E-state index contributed by atoms with van der Waals surface area (Å²) in [6.07, 6.45) is -6.04. The van der Waals surface area contributed by atoms with Gasteiger partial charge in [-0.15, -0.1) is 0 Å². The molecular weight excluding hydrogens is 201 g/mol. The smallest absolute Gasteiger partial charge is 0.414 e. The number of alkyl halides is 3.